The predicted octanol–water partition coefficient (Wildman–Crippen LogP) is 4.60. The van der Waals surface area contributed by atoms with Gasteiger partial charge in [-0.3, -0.25) is 9.78 Å². The van der Waals surface area contributed by atoms with Crippen molar-refractivity contribution in [3.05, 3.63) is 50.7 Å². The van der Waals surface area contributed by atoms with Gasteiger partial charge in [-0.1, -0.05) is 15.9 Å². The Hall–Kier alpha value is -1.40. The molecule has 4 nitrogen and oxygen atoms in total. The molecule has 0 saturated carbocycles. The van der Waals surface area contributed by atoms with E-state index in [9.17, 15) is 4.79 Å². The number of nitrogens with one attached hydrogen (secondary N) is 2. The Morgan fingerprint density at radius 3 is 2.67 bits per heavy atom. The van der Waals surface area contributed by atoms with E-state index in [1.807, 2.05) is 38.1 Å². The smallest absolute Gasteiger partial charge is 0.259 e. The van der Waals surface area contributed by atoms with E-state index in [2.05, 4.69) is 47.5 Å². The van der Waals surface area contributed by atoms with Crippen LogP contribution >= 0.6 is 31.9 Å². The molecule has 21 heavy (non-hydrogen) atoms. The molecule has 0 bridgehead atoms. The minimum atomic E-state index is -0.193. The zero-order chi connectivity index (χ0) is 15.4. The molecule has 0 aliphatic heterocycles. The fourth-order valence-corrected chi connectivity index (χ4v) is 3.00. The van der Waals surface area contributed by atoms with Crippen molar-refractivity contribution >= 4 is 49.1 Å². The minimum Gasteiger partial charge on any atom is -0.385 e. The fraction of sp³-hybridized carbons (Fsp3) is 0.200. The molecule has 1 amide bonds. The lowest BCUT2D eigenvalue weighted by atomic mass is 10.2. The van der Waals surface area contributed by atoms with Crippen LogP contribution in [0, 0.1) is 6.92 Å². The molecule has 0 atom stereocenters. The molecule has 0 spiro atoms. The Morgan fingerprint density at radius 2 is 2.00 bits per heavy atom. The van der Waals surface area contributed by atoms with Crippen LogP contribution in [0.1, 0.15) is 23.0 Å². The van der Waals surface area contributed by atoms with Gasteiger partial charge in [0.05, 0.1) is 16.9 Å². The second-order valence-corrected chi connectivity index (χ2v) is 6.25. The van der Waals surface area contributed by atoms with E-state index in [-0.39, 0.29) is 5.91 Å². The summed E-state index contributed by atoms with van der Waals surface area (Å²) in [6.45, 7) is 4.63. The first kappa shape index (κ1) is 16.0. The second kappa shape index (κ2) is 7.04. The summed E-state index contributed by atoms with van der Waals surface area (Å²) < 4.78 is 1.76. The number of rotatable bonds is 4. The van der Waals surface area contributed by atoms with Gasteiger partial charge < -0.3 is 10.6 Å². The summed E-state index contributed by atoms with van der Waals surface area (Å²) in [4.78, 5) is 16.6. The van der Waals surface area contributed by atoms with Gasteiger partial charge >= 0.3 is 0 Å². The Morgan fingerprint density at radius 1 is 1.24 bits per heavy atom. The van der Waals surface area contributed by atoms with Crippen molar-refractivity contribution in [3.63, 3.8) is 0 Å². The number of benzene rings is 1. The Kier molecular flexibility index (Phi) is 5.36. The Labute approximate surface area is 140 Å². The molecule has 6 heteroatoms. The van der Waals surface area contributed by atoms with Crippen molar-refractivity contribution in [1.82, 2.24) is 4.98 Å². The van der Waals surface area contributed by atoms with Crippen molar-refractivity contribution in [3.8, 4) is 0 Å². The topological polar surface area (TPSA) is 54.0 Å². The summed E-state index contributed by atoms with van der Waals surface area (Å²) in [5.41, 5.74) is 2.89. The van der Waals surface area contributed by atoms with Crippen LogP contribution in [0.25, 0.3) is 0 Å². The van der Waals surface area contributed by atoms with Crippen LogP contribution in [-0.4, -0.2) is 17.4 Å². The minimum absolute atomic E-state index is 0.193. The van der Waals surface area contributed by atoms with E-state index >= 15 is 0 Å². The van der Waals surface area contributed by atoms with Crippen LogP contribution in [0.5, 0.6) is 0 Å². The number of nitrogens with zero attached hydrogens (tertiary/aromatic N) is 1. The molecule has 2 N–H and O–H groups in total. The number of anilines is 2. The number of halogens is 2. The lowest BCUT2D eigenvalue weighted by Gasteiger charge is -2.12. The summed E-state index contributed by atoms with van der Waals surface area (Å²) in [6.07, 6.45) is 1.59. The van der Waals surface area contributed by atoms with E-state index in [4.69, 9.17) is 0 Å². The highest BCUT2D eigenvalue weighted by molar-refractivity contribution is 9.11. The van der Waals surface area contributed by atoms with Crippen molar-refractivity contribution in [2.24, 2.45) is 0 Å². The first-order valence-electron chi connectivity index (χ1n) is 6.48. The van der Waals surface area contributed by atoms with Gasteiger partial charge in [0.1, 0.15) is 0 Å². The maximum Gasteiger partial charge on any atom is 0.259 e. The molecule has 2 rings (SSSR count). The molecule has 0 fully saturated rings. The van der Waals surface area contributed by atoms with Gasteiger partial charge in [-0.25, -0.2) is 0 Å². The third-order valence-corrected chi connectivity index (χ3v) is 3.98. The Bertz CT molecular complexity index is 674. The average molecular weight is 413 g/mol. The molecule has 1 aromatic heterocycles. The zero-order valence-corrected chi connectivity index (χ0v) is 14.9. The lowest BCUT2D eigenvalue weighted by molar-refractivity contribution is 0.102. The number of aryl methyl sites for hydroxylation is 1. The molecular formula is C15H15Br2N3O. The van der Waals surface area contributed by atoms with Crippen molar-refractivity contribution in [2.45, 2.75) is 13.8 Å². The van der Waals surface area contributed by atoms with E-state index in [1.54, 1.807) is 6.20 Å². The van der Waals surface area contributed by atoms with Gasteiger partial charge in [0, 0.05) is 27.4 Å². The zero-order valence-electron chi connectivity index (χ0n) is 11.7. The van der Waals surface area contributed by atoms with Crippen molar-refractivity contribution < 1.29 is 4.79 Å². The van der Waals surface area contributed by atoms with Gasteiger partial charge in [-0.2, -0.15) is 0 Å². The van der Waals surface area contributed by atoms with Gasteiger partial charge in [-0.05, 0) is 54.0 Å². The lowest BCUT2D eigenvalue weighted by Crippen LogP contribution is -2.15. The summed E-state index contributed by atoms with van der Waals surface area (Å²) in [5, 5.41) is 6.07. The number of hydrogen-bond donors (Lipinski definition) is 2. The van der Waals surface area contributed by atoms with Gasteiger partial charge in [0.25, 0.3) is 5.91 Å². The summed E-state index contributed by atoms with van der Waals surface area (Å²) >= 11 is 6.82. The van der Waals surface area contributed by atoms with Crippen LogP contribution in [0.2, 0.25) is 0 Å². The molecule has 0 radical (unpaired) electrons. The first-order valence-corrected chi connectivity index (χ1v) is 8.06. The molecule has 1 heterocycles. The van der Waals surface area contributed by atoms with Crippen LogP contribution < -0.4 is 10.6 Å². The number of aromatic nitrogens is 1. The number of hydrogen-bond acceptors (Lipinski definition) is 3. The standard InChI is InChI=1S/C15H15Br2N3O/c1-3-18-14-6-9(2)19-8-11(14)15(21)20-13-5-4-10(16)7-12(13)17/h4-8H,3H2,1-2H3,(H,18,19)(H,20,21). The quantitative estimate of drug-likeness (QED) is 0.771. The third-order valence-electron chi connectivity index (χ3n) is 2.83. The SMILES string of the molecule is CCNc1cc(C)ncc1C(=O)Nc1ccc(Br)cc1Br. The van der Waals surface area contributed by atoms with Crippen LogP contribution in [0.4, 0.5) is 11.4 Å². The van der Waals surface area contributed by atoms with Gasteiger partial charge in [-0.15, -0.1) is 0 Å². The van der Waals surface area contributed by atoms with Crippen LogP contribution in [0.15, 0.2) is 39.4 Å². The summed E-state index contributed by atoms with van der Waals surface area (Å²) in [7, 11) is 0. The molecule has 2 aromatic rings. The average Bonchev–Trinajstić information content (AvgIpc) is 2.42. The van der Waals surface area contributed by atoms with Gasteiger partial charge in [0.2, 0.25) is 0 Å². The predicted molar refractivity (Wildman–Crippen MR) is 92.9 cm³/mol. The maximum absolute atomic E-state index is 12.4. The first-order chi connectivity index (χ1) is 10.0. The van der Waals surface area contributed by atoms with E-state index in [0.29, 0.717) is 11.3 Å². The number of carbonyl (C=O) groups excluding carboxylic acids is 1. The van der Waals surface area contributed by atoms with Gasteiger partial charge in [0.15, 0.2) is 0 Å². The van der Waals surface area contributed by atoms with Crippen LogP contribution in [0.3, 0.4) is 0 Å². The fourth-order valence-electron chi connectivity index (χ4n) is 1.86. The Balaban J connectivity index is 2.28. The molecule has 0 saturated heterocycles. The third kappa shape index (κ3) is 4.04. The summed E-state index contributed by atoms with van der Waals surface area (Å²) in [6, 6.07) is 7.46. The number of amides is 1. The molecular weight excluding hydrogens is 398 g/mol. The van der Waals surface area contributed by atoms with E-state index in [1.165, 1.54) is 0 Å². The van der Waals surface area contributed by atoms with Crippen LogP contribution in [-0.2, 0) is 0 Å². The highest BCUT2D eigenvalue weighted by atomic mass is 79.9. The molecule has 0 unspecified atom stereocenters. The van der Waals surface area contributed by atoms with Crippen molar-refractivity contribution in [1.29, 1.82) is 0 Å². The molecule has 0 aliphatic rings. The highest BCUT2D eigenvalue weighted by Gasteiger charge is 2.13. The molecule has 0 aliphatic carbocycles. The number of pyridine rings is 1. The molecule has 110 valence electrons. The monoisotopic (exact) mass is 411 g/mol. The van der Waals surface area contributed by atoms with E-state index in [0.717, 1.165) is 26.9 Å². The summed E-state index contributed by atoms with van der Waals surface area (Å²) in [5.74, 6) is -0.193. The largest absolute Gasteiger partial charge is 0.385 e. The normalized spacial score (nSPS) is 10.3. The highest BCUT2D eigenvalue weighted by Crippen LogP contribution is 2.27. The number of carbonyl (C=O) groups is 1. The maximum atomic E-state index is 12.4. The second-order valence-electron chi connectivity index (χ2n) is 4.48. The van der Waals surface area contributed by atoms with Crippen molar-refractivity contribution in [2.75, 3.05) is 17.2 Å². The molecule has 1 aromatic carbocycles. The van der Waals surface area contributed by atoms with E-state index < -0.39 is 0 Å².